The van der Waals surface area contributed by atoms with Crippen molar-refractivity contribution in [1.29, 1.82) is 0 Å². The summed E-state index contributed by atoms with van der Waals surface area (Å²) in [5.41, 5.74) is 2.03. The first-order chi connectivity index (χ1) is 10.9. The van der Waals surface area contributed by atoms with Gasteiger partial charge in [0.15, 0.2) is 5.96 Å². The molecule has 2 N–H and O–H groups in total. The van der Waals surface area contributed by atoms with Crippen LogP contribution >= 0.6 is 0 Å². The summed E-state index contributed by atoms with van der Waals surface area (Å²) in [7, 11) is 3.42. The Morgan fingerprint density at radius 3 is 2.57 bits per heavy atom. The van der Waals surface area contributed by atoms with Gasteiger partial charge in [0.2, 0.25) is 5.91 Å². The van der Waals surface area contributed by atoms with E-state index in [2.05, 4.69) is 22.5 Å². The van der Waals surface area contributed by atoms with Gasteiger partial charge in [0, 0.05) is 27.2 Å². The predicted octanol–water partition coefficient (Wildman–Crippen LogP) is 1.71. The molecule has 1 aromatic carbocycles. The third-order valence-electron chi connectivity index (χ3n) is 3.41. The minimum absolute atomic E-state index is 0.0445. The maximum Gasteiger partial charge on any atom is 0.243 e. The minimum Gasteiger partial charge on any atom is -0.356 e. The fourth-order valence-corrected chi connectivity index (χ4v) is 1.96. The molecule has 0 fully saturated rings. The summed E-state index contributed by atoms with van der Waals surface area (Å²) in [6.07, 6.45) is 1.74. The van der Waals surface area contributed by atoms with Crippen LogP contribution in [0, 0.1) is 12.7 Å². The second kappa shape index (κ2) is 9.82. The Bertz CT molecular complexity index is 543. The van der Waals surface area contributed by atoms with Gasteiger partial charge in [0.25, 0.3) is 0 Å². The fraction of sp³-hybridized carbons (Fsp3) is 0.529. The summed E-state index contributed by atoms with van der Waals surface area (Å²) in [5, 5.41) is 6.40. The van der Waals surface area contributed by atoms with Gasteiger partial charge in [-0.05, 0) is 43.0 Å². The molecule has 0 aliphatic carbocycles. The number of carbonyl (C=O) groups excluding carboxylic acids is 1. The van der Waals surface area contributed by atoms with Crippen molar-refractivity contribution in [3.8, 4) is 0 Å². The number of halogens is 1. The van der Waals surface area contributed by atoms with Crippen LogP contribution in [-0.4, -0.2) is 50.5 Å². The van der Waals surface area contributed by atoms with Crippen molar-refractivity contribution in [2.24, 2.45) is 4.99 Å². The monoisotopic (exact) mass is 322 g/mol. The van der Waals surface area contributed by atoms with Crippen molar-refractivity contribution in [3.63, 3.8) is 0 Å². The number of nitrogens with zero attached hydrogens (tertiary/aromatic N) is 2. The highest BCUT2D eigenvalue weighted by atomic mass is 19.1. The van der Waals surface area contributed by atoms with Crippen LogP contribution in [0.25, 0.3) is 0 Å². The lowest BCUT2D eigenvalue weighted by molar-refractivity contribution is -0.127. The molecule has 0 unspecified atom stereocenters. The molecule has 0 aliphatic heterocycles. The van der Waals surface area contributed by atoms with Gasteiger partial charge in [-0.1, -0.05) is 13.0 Å². The zero-order chi connectivity index (χ0) is 17.2. The fourth-order valence-electron chi connectivity index (χ4n) is 1.96. The molecule has 5 nitrogen and oxygen atoms in total. The molecule has 0 heterocycles. The molecule has 0 bridgehead atoms. The van der Waals surface area contributed by atoms with Gasteiger partial charge in [-0.3, -0.25) is 4.79 Å². The van der Waals surface area contributed by atoms with Crippen LogP contribution < -0.4 is 10.6 Å². The minimum atomic E-state index is -0.215. The second-order valence-corrected chi connectivity index (χ2v) is 5.63. The Balaban J connectivity index is 2.56. The molecular formula is C17H27FN4O. The highest BCUT2D eigenvalue weighted by molar-refractivity contribution is 5.84. The van der Waals surface area contributed by atoms with Crippen LogP contribution in [0.2, 0.25) is 0 Å². The first-order valence-electron chi connectivity index (χ1n) is 7.91. The lowest BCUT2D eigenvalue weighted by Gasteiger charge is -2.14. The molecule has 23 heavy (non-hydrogen) atoms. The Kier molecular flexibility index (Phi) is 8.08. The predicted molar refractivity (Wildman–Crippen MR) is 92.1 cm³/mol. The number of aryl methyl sites for hydroxylation is 1. The number of benzene rings is 1. The number of nitrogens with one attached hydrogen (secondary N) is 2. The highest BCUT2D eigenvalue weighted by Gasteiger charge is 2.05. The van der Waals surface area contributed by atoms with Gasteiger partial charge in [0.1, 0.15) is 12.4 Å². The largest absolute Gasteiger partial charge is 0.356 e. The van der Waals surface area contributed by atoms with Gasteiger partial charge >= 0.3 is 0 Å². The number of aliphatic imine (C=N–C) groups is 1. The summed E-state index contributed by atoms with van der Waals surface area (Å²) < 4.78 is 13.1. The number of carbonyl (C=O) groups is 1. The molecule has 0 aromatic heterocycles. The number of rotatable bonds is 7. The summed E-state index contributed by atoms with van der Waals surface area (Å²) in [6.45, 7) is 5.54. The molecule has 6 heteroatoms. The summed E-state index contributed by atoms with van der Waals surface area (Å²) in [4.78, 5) is 17.4. The van der Waals surface area contributed by atoms with E-state index in [1.807, 2.05) is 6.92 Å². The maximum atomic E-state index is 13.1. The number of hydrogen-bond donors (Lipinski definition) is 2. The van der Waals surface area contributed by atoms with E-state index in [4.69, 9.17) is 0 Å². The van der Waals surface area contributed by atoms with Crippen LogP contribution in [0.1, 0.15) is 24.5 Å². The first kappa shape index (κ1) is 18.9. The van der Waals surface area contributed by atoms with E-state index in [9.17, 15) is 9.18 Å². The Hall–Kier alpha value is -2.11. The Labute approximate surface area is 138 Å². The summed E-state index contributed by atoms with van der Waals surface area (Å²) >= 11 is 0. The molecule has 128 valence electrons. The van der Waals surface area contributed by atoms with E-state index in [1.165, 1.54) is 17.0 Å². The van der Waals surface area contributed by atoms with Crippen LogP contribution in [0.15, 0.2) is 23.2 Å². The first-order valence-corrected chi connectivity index (χ1v) is 7.91. The van der Waals surface area contributed by atoms with Crippen molar-refractivity contribution >= 4 is 11.9 Å². The number of likely N-dealkylation sites (N-methyl/N-ethyl adjacent to an activating group) is 1. The molecule has 1 aromatic rings. The Morgan fingerprint density at radius 2 is 1.96 bits per heavy atom. The molecular weight excluding hydrogens is 295 g/mol. The van der Waals surface area contributed by atoms with Gasteiger partial charge < -0.3 is 15.5 Å². The van der Waals surface area contributed by atoms with Crippen molar-refractivity contribution in [2.45, 2.75) is 26.7 Å². The second-order valence-electron chi connectivity index (χ2n) is 5.63. The smallest absolute Gasteiger partial charge is 0.243 e. The van der Waals surface area contributed by atoms with E-state index in [1.54, 1.807) is 20.2 Å². The van der Waals surface area contributed by atoms with Crippen LogP contribution in [0.4, 0.5) is 4.39 Å². The average Bonchev–Trinajstić information content (AvgIpc) is 2.50. The quantitative estimate of drug-likeness (QED) is 0.593. The zero-order valence-corrected chi connectivity index (χ0v) is 14.4. The van der Waals surface area contributed by atoms with Gasteiger partial charge in [0.05, 0.1) is 0 Å². The van der Waals surface area contributed by atoms with E-state index >= 15 is 0 Å². The molecule has 0 saturated carbocycles. The zero-order valence-electron chi connectivity index (χ0n) is 14.4. The van der Waals surface area contributed by atoms with Gasteiger partial charge in [-0.15, -0.1) is 0 Å². The lowest BCUT2D eigenvalue weighted by Crippen LogP contribution is -2.39. The summed E-state index contributed by atoms with van der Waals surface area (Å²) in [6, 6.07) is 4.82. The molecule has 1 rings (SSSR count). The average molecular weight is 322 g/mol. The highest BCUT2D eigenvalue weighted by Crippen LogP contribution is 2.10. The summed E-state index contributed by atoms with van der Waals surface area (Å²) in [5.74, 6) is 0.368. The van der Waals surface area contributed by atoms with Gasteiger partial charge in [-0.25, -0.2) is 9.38 Å². The van der Waals surface area contributed by atoms with Crippen molar-refractivity contribution in [3.05, 3.63) is 35.1 Å². The number of guanidine groups is 1. The van der Waals surface area contributed by atoms with E-state index in [0.717, 1.165) is 30.5 Å². The van der Waals surface area contributed by atoms with E-state index < -0.39 is 0 Å². The normalized spacial score (nSPS) is 11.3. The molecule has 0 atom stereocenters. The molecule has 0 saturated heterocycles. The topological polar surface area (TPSA) is 56.7 Å². The van der Waals surface area contributed by atoms with Gasteiger partial charge in [-0.2, -0.15) is 0 Å². The van der Waals surface area contributed by atoms with Crippen LogP contribution in [-0.2, 0) is 11.2 Å². The van der Waals surface area contributed by atoms with E-state index in [-0.39, 0.29) is 18.3 Å². The SMILES string of the molecule is CCCNC(=NCC(=O)N(C)C)NCCc1ccc(F)cc1C. The van der Waals surface area contributed by atoms with Crippen LogP contribution in [0.3, 0.4) is 0 Å². The molecule has 0 radical (unpaired) electrons. The van der Waals surface area contributed by atoms with Crippen LogP contribution in [0.5, 0.6) is 0 Å². The number of hydrogen-bond acceptors (Lipinski definition) is 2. The third-order valence-corrected chi connectivity index (χ3v) is 3.41. The lowest BCUT2D eigenvalue weighted by atomic mass is 10.1. The van der Waals surface area contributed by atoms with Crippen molar-refractivity contribution < 1.29 is 9.18 Å². The number of amides is 1. The third kappa shape index (κ3) is 7.13. The van der Waals surface area contributed by atoms with Crippen molar-refractivity contribution in [2.75, 3.05) is 33.7 Å². The standard InChI is InChI=1S/C17H27FN4O/c1-5-9-19-17(21-12-16(23)22(3)4)20-10-8-14-6-7-15(18)11-13(14)2/h6-7,11H,5,8-10,12H2,1-4H3,(H2,19,20,21). The maximum absolute atomic E-state index is 13.1. The molecule has 1 amide bonds. The molecule has 0 aliphatic rings. The Morgan fingerprint density at radius 1 is 1.26 bits per heavy atom. The van der Waals surface area contributed by atoms with E-state index in [0.29, 0.717) is 12.5 Å². The van der Waals surface area contributed by atoms with Crippen molar-refractivity contribution in [1.82, 2.24) is 15.5 Å². The molecule has 0 spiro atoms.